The van der Waals surface area contributed by atoms with Gasteiger partial charge in [0, 0.05) is 31.3 Å². The highest BCUT2D eigenvalue weighted by Gasteiger charge is 2.62. The monoisotopic (exact) mass is 405 g/mol. The Labute approximate surface area is 177 Å². The molecule has 2 heterocycles. The van der Waals surface area contributed by atoms with Crippen molar-refractivity contribution in [1.82, 2.24) is 4.90 Å². The molecule has 1 fully saturated rings. The smallest absolute Gasteiger partial charge is 0.325 e. The van der Waals surface area contributed by atoms with Crippen molar-refractivity contribution in [1.29, 1.82) is 0 Å². The zero-order chi connectivity index (χ0) is 21.4. The summed E-state index contributed by atoms with van der Waals surface area (Å²) < 4.78 is 12.0. The minimum absolute atomic E-state index is 0.248. The van der Waals surface area contributed by atoms with Crippen LogP contribution in [0.5, 0.6) is 0 Å². The van der Waals surface area contributed by atoms with Gasteiger partial charge < -0.3 is 9.47 Å². The maximum Gasteiger partial charge on any atom is 0.325 e. The van der Waals surface area contributed by atoms with Crippen molar-refractivity contribution in [2.24, 2.45) is 5.41 Å². The number of esters is 1. The van der Waals surface area contributed by atoms with Crippen LogP contribution in [0.25, 0.3) is 5.76 Å². The largest absolute Gasteiger partial charge is 0.487 e. The average molecular weight is 405 g/mol. The van der Waals surface area contributed by atoms with Crippen LogP contribution in [-0.2, 0) is 25.6 Å². The number of rotatable bonds is 4. The molecular formula is C25H27NO4. The van der Waals surface area contributed by atoms with Gasteiger partial charge in [0.1, 0.15) is 17.5 Å². The van der Waals surface area contributed by atoms with E-state index in [0.717, 1.165) is 11.1 Å². The van der Waals surface area contributed by atoms with Gasteiger partial charge in [-0.25, -0.2) is 0 Å². The van der Waals surface area contributed by atoms with Crippen LogP contribution in [0.3, 0.4) is 0 Å². The molecule has 0 unspecified atom stereocenters. The molecule has 2 aliphatic heterocycles. The predicted octanol–water partition coefficient (Wildman–Crippen LogP) is 3.84. The fourth-order valence-electron chi connectivity index (χ4n) is 4.10. The number of nitrogens with zero attached hydrogens (tertiary/aromatic N) is 1. The van der Waals surface area contributed by atoms with E-state index in [4.69, 9.17) is 9.47 Å². The van der Waals surface area contributed by atoms with Gasteiger partial charge in [-0.2, -0.15) is 0 Å². The molecule has 0 spiro atoms. The highest BCUT2D eigenvalue weighted by atomic mass is 16.6. The van der Waals surface area contributed by atoms with Crippen LogP contribution in [0.15, 0.2) is 66.7 Å². The van der Waals surface area contributed by atoms with Crippen LogP contribution in [0.2, 0.25) is 0 Å². The molecular weight excluding hydrogens is 378 g/mol. The molecule has 30 heavy (non-hydrogen) atoms. The van der Waals surface area contributed by atoms with Gasteiger partial charge >= 0.3 is 5.97 Å². The molecule has 0 aliphatic carbocycles. The number of benzene rings is 2. The molecule has 0 amide bonds. The van der Waals surface area contributed by atoms with Crippen molar-refractivity contribution in [2.75, 3.05) is 13.1 Å². The SMILES string of the molecule is CC(C)(C)OC(=O)[C@@]12CN(Cc3ccccc3)C[C@@H]1OC(c1ccccc1)=CC2=O. The first kappa shape index (κ1) is 20.4. The number of ether oxygens (including phenoxy) is 2. The lowest BCUT2D eigenvalue weighted by atomic mass is 9.78. The second kappa shape index (κ2) is 7.73. The lowest BCUT2D eigenvalue weighted by molar-refractivity contribution is -0.174. The topological polar surface area (TPSA) is 55.8 Å². The Kier molecular flexibility index (Phi) is 5.24. The van der Waals surface area contributed by atoms with E-state index >= 15 is 0 Å². The minimum atomic E-state index is -1.35. The summed E-state index contributed by atoms with van der Waals surface area (Å²) in [6, 6.07) is 19.5. The number of allylic oxidation sites excluding steroid dienone is 1. The van der Waals surface area contributed by atoms with E-state index in [1.807, 2.05) is 81.4 Å². The fraction of sp³-hybridized carbons (Fsp3) is 0.360. The Morgan fingerprint density at radius 3 is 2.37 bits per heavy atom. The molecule has 156 valence electrons. The third-order valence-electron chi connectivity index (χ3n) is 5.49. The Morgan fingerprint density at radius 2 is 1.73 bits per heavy atom. The Bertz CT molecular complexity index is 962. The molecule has 0 radical (unpaired) electrons. The number of carbonyl (C=O) groups excluding carboxylic acids is 2. The predicted molar refractivity (Wildman–Crippen MR) is 114 cm³/mol. The first-order valence-corrected chi connectivity index (χ1v) is 10.3. The molecule has 5 nitrogen and oxygen atoms in total. The van der Waals surface area contributed by atoms with Gasteiger partial charge in [-0.15, -0.1) is 0 Å². The number of likely N-dealkylation sites (tertiary alicyclic amines) is 1. The zero-order valence-electron chi connectivity index (χ0n) is 17.6. The molecule has 2 aromatic carbocycles. The standard InChI is InChI=1S/C25H27NO4/c1-24(2,3)30-23(28)25-17-26(15-18-10-6-4-7-11-18)16-22(25)29-20(14-21(25)27)19-12-8-5-9-13-19/h4-14,22H,15-17H2,1-3H3/t22-,25+/m0/s1. The Morgan fingerprint density at radius 1 is 1.10 bits per heavy atom. The van der Waals surface area contributed by atoms with Gasteiger partial charge in [0.25, 0.3) is 0 Å². The first-order chi connectivity index (χ1) is 14.3. The van der Waals surface area contributed by atoms with E-state index in [1.165, 1.54) is 6.08 Å². The van der Waals surface area contributed by atoms with E-state index in [1.54, 1.807) is 0 Å². The summed E-state index contributed by atoms with van der Waals surface area (Å²) in [5.74, 6) is -0.252. The normalized spacial score (nSPS) is 24.0. The Hall–Kier alpha value is -2.92. The van der Waals surface area contributed by atoms with Crippen LogP contribution in [0.1, 0.15) is 31.9 Å². The van der Waals surface area contributed by atoms with Crippen molar-refractivity contribution >= 4 is 17.5 Å². The average Bonchev–Trinajstić information content (AvgIpc) is 3.08. The molecule has 4 rings (SSSR count). The quantitative estimate of drug-likeness (QED) is 0.571. The number of hydrogen-bond acceptors (Lipinski definition) is 5. The minimum Gasteiger partial charge on any atom is -0.487 e. The molecule has 0 saturated carbocycles. The Balaban J connectivity index is 1.67. The summed E-state index contributed by atoms with van der Waals surface area (Å²) in [6.45, 7) is 6.83. The molecule has 2 aliphatic rings. The molecule has 2 aromatic rings. The summed E-state index contributed by atoms with van der Waals surface area (Å²) in [4.78, 5) is 28.8. The zero-order valence-corrected chi connectivity index (χ0v) is 17.6. The van der Waals surface area contributed by atoms with Crippen molar-refractivity contribution in [3.05, 3.63) is 77.9 Å². The highest BCUT2D eigenvalue weighted by molar-refractivity contribution is 6.14. The van der Waals surface area contributed by atoms with Crippen molar-refractivity contribution in [3.63, 3.8) is 0 Å². The van der Waals surface area contributed by atoms with Crippen molar-refractivity contribution in [3.8, 4) is 0 Å². The summed E-state index contributed by atoms with van der Waals surface area (Å²) in [7, 11) is 0. The van der Waals surface area contributed by atoms with Crippen LogP contribution in [0, 0.1) is 5.41 Å². The van der Waals surface area contributed by atoms with Gasteiger partial charge in [0.05, 0.1) is 0 Å². The first-order valence-electron chi connectivity index (χ1n) is 10.3. The van der Waals surface area contributed by atoms with Crippen molar-refractivity contribution in [2.45, 2.75) is 39.0 Å². The number of fused-ring (bicyclic) bond motifs is 1. The highest BCUT2D eigenvalue weighted by Crippen LogP contribution is 2.43. The van der Waals surface area contributed by atoms with E-state index in [2.05, 4.69) is 4.90 Å². The summed E-state index contributed by atoms with van der Waals surface area (Å²) >= 11 is 0. The number of ketones is 1. The van der Waals surface area contributed by atoms with Crippen LogP contribution >= 0.6 is 0 Å². The molecule has 2 atom stereocenters. The second-order valence-electron chi connectivity index (χ2n) is 8.97. The van der Waals surface area contributed by atoms with E-state index in [-0.39, 0.29) is 12.3 Å². The van der Waals surface area contributed by atoms with Gasteiger partial charge in [-0.05, 0) is 26.3 Å². The van der Waals surface area contributed by atoms with E-state index in [0.29, 0.717) is 18.8 Å². The van der Waals surface area contributed by atoms with Gasteiger partial charge in [0.2, 0.25) is 0 Å². The van der Waals surface area contributed by atoms with Gasteiger partial charge in [-0.1, -0.05) is 60.7 Å². The third kappa shape index (κ3) is 3.90. The van der Waals surface area contributed by atoms with Crippen LogP contribution < -0.4 is 0 Å². The number of hydrogen-bond donors (Lipinski definition) is 0. The maximum absolute atomic E-state index is 13.4. The van der Waals surface area contributed by atoms with E-state index in [9.17, 15) is 9.59 Å². The van der Waals surface area contributed by atoms with Gasteiger partial charge in [0.15, 0.2) is 11.2 Å². The lowest BCUT2D eigenvalue weighted by Gasteiger charge is -2.36. The summed E-state index contributed by atoms with van der Waals surface area (Å²) in [5.41, 5.74) is -0.0860. The third-order valence-corrected chi connectivity index (χ3v) is 5.49. The van der Waals surface area contributed by atoms with E-state index < -0.39 is 23.1 Å². The van der Waals surface area contributed by atoms with Crippen molar-refractivity contribution < 1.29 is 19.1 Å². The lowest BCUT2D eigenvalue weighted by Crippen LogP contribution is -2.53. The molecule has 5 heteroatoms. The molecule has 1 saturated heterocycles. The number of carbonyl (C=O) groups is 2. The van der Waals surface area contributed by atoms with Gasteiger partial charge in [-0.3, -0.25) is 14.5 Å². The maximum atomic E-state index is 13.4. The molecule has 0 bridgehead atoms. The molecule has 0 N–H and O–H groups in total. The van der Waals surface area contributed by atoms with Crippen LogP contribution in [-0.4, -0.2) is 41.4 Å². The van der Waals surface area contributed by atoms with Crippen LogP contribution in [0.4, 0.5) is 0 Å². The molecule has 0 aromatic heterocycles. The summed E-state index contributed by atoms with van der Waals surface area (Å²) in [6.07, 6.45) is 0.866. The summed E-state index contributed by atoms with van der Waals surface area (Å²) in [5, 5.41) is 0. The fourth-order valence-corrected chi connectivity index (χ4v) is 4.10. The second-order valence-corrected chi connectivity index (χ2v) is 8.97.